The minimum absolute atomic E-state index is 0.00595. The van der Waals surface area contributed by atoms with Crippen molar-refractivity contribution in [2.24, 2.45) is 4.99 Å². The van der Waals surface area contributed by atoms with Crippen molar-refractivity contribution in [2.75, 3.05) is 27.7 Å². The molecule has 0 heterocycles. The molecule has 1 aliphatic carbocycles. The molecule has 1 aliphatic rings. The van der Waals surface area contributed by atoms with E-state index in [0.29, 0.717) is 12.1 Å². The number of hydrogen-bond donors (Lipinski definition) is 2. The van der Waals surface area contributed by atoms with Gasteiger partial charge in [0.2, 0.25) is 0 Å². The third kappa shape index (κ3) is 4.94. The van der Waals surface area contributed by atoms with Crippen LogP contribution in [0.1, 0.15) is 40.7 Å². The first-order chi connectivity index (χ1) is 13.9. The van der Waals surface area contributed by atoms with Crippen molar-refractivity contribution in [1.82, 2.24) is 15.5 Å². The fourth-order valence-electron chi connectivity index (χ4n) is 3.66. The molecule has 1 fully saturated rings. The first-order valence-corrected chi connectivity index (χ1v) is 9.95. The van der Waals surface area contributed by atoms with Gasteiger partial charge < -0.3 is 15.5 Å². The molecule has 3 rings (SSSR count). The Kier molecular flexibility index (Phi) is 6.52. The third-order valence-corrected chi connectivity index (χ3v) is 5.65. The van der Waals surface area contributed by atoms with Gasteiger partial charge >= 0.3 is 0 Å². The average molecular weight is 397 g/mol. The number of aliphatic imine (C=N–C) groups is 1. The van der Waals surface area contributed by atoms with Crippen LogP contribution in [0.3, 0.4) is 0 Å². The van der Waals surface area contributed by atoms with E-state index in [9.17, 15) is 9.18 Å². The van der Waals surface area contributed by atoms with Crippen LogP contribution in [-0.2, 0) is 12.0 Å². The Bertz CT molecular complexity index is 855. The number of halogens is 1. The number of guanidine groups is 1. The van der Waals surface area contributed by atoms with Crippen LogP contribution >= 0.6 is 0 Å². The largest absolute Gasteiger partial charge is 0.356 e. The molecule has 6 heteroatoms. The van der Waals surface area contributed by atoms with Crippen LogP contribution in [0, 0.1) is 5.82 Å². The zero-order valence-electron chi connectivity index (χ0n) is 17.3. The monoisotopic (exact) mass is 396 g/mol. The van der Waals surface area contributed by atoms with Crippen LogP contribution < -0.4 is 10.6 Å². The molecule has 2 aromatic rings. The lowest BCUT2D eigenvalue weighted by atomic mass is 9.64. The molecule has 0 atom stereocenters. The second kappa shape index (κ2) is 9.07. The highest BCUT2D eigenvalue weighted by atomic mass is 19.1. The van der Waals surface area contributed by atoms with Crippen LogP contribution in [-0.4, -0.2) is 44.5 Å². The molecule has 0 unspecified atom stereocenters. The van der Waals surface area contributed by atoms with Crippen LogP contribution in [0.2, 0.25) is 0 Å². The topological polar surface area (TPSA) is 56.7 Å². The first-order valence-electron chi connectivity index (χ1n) is 9.95. The van der Waals surface area contributed by atoms with Crippen molar-refractivity contribution in [2.45, 2.75) is 31.2 Å². The van der Waals surface area contributed by atoms with Crippen LogP contribution in [0.15, 0.2) is 53.5 Å². The molecule has 29 heavy (non-hydrogen) atoms. The fourth-order valence-corrected chi connectivity index (χ4v) is 3.66. The quantitative estimate of drug-likeness (QED) is 0.582. The van der Waals surface area contributed by atoms with E-state index in [-0.39, 0.29) is 17.1 Å². The molecule has 1 saturated carbocycles. The predicted molar refractivity (Wildman–Crippen MR) is 115 cm³/mol. The normalized spacial score (nSPS) is 15.4. The van der Waals surface area contributed by atoms with E-state index in [1.54, 1.807) is 26.0 Å². The Hall–Kier alpha value is -2.89. The molecule has 0 saturated heterocycles. The van der Waals surface area contributed by atoms with Crippen LogP contribution in [0.25, 0.3) is 0 Å². The van der Waals surface area contributed by atoms with E-state index in [1.807, 2.05) is 36.4 Å². The molecular weight excluding hydrogens is 367 g/mol. The van der Waals surface area contributed by atoms with E-state index in [4.69, 9.17) is 0 Å². The van der Waals surface area contributed by atoms with Crippen molar-refractivity contribution in [3.05, 3.63) is 71.0 Å². The standard InChI is InChI=1S/C23H29FN4O/c1-25-22(26-15-17-5-7-18(8-6-17)21(29)28(2)3)27-16-23(13-4-14-23)19-9-11-20(24)12-10-19/h5-12H,4,13-16H2,1-3H3,(H2,25,26,27). The van der Waals surface area contributed by atoms with E-state index in [1.165, 1.54) is 24.1 Å². The van der Waals surface area contributed by atoms with Gasteiger partial charge in [0.25, 0.3) is 5.91 Å². The second-order valence-corrected chi connectivity index (χ2v) is 7.82. The minimum atomic E-state index is -0.202. The fraction of sp³-hybridized carbons (Fsp3) is 0.391. The maximum atomic E-state index is 13.3. The molecule has 0 radical (unpaired) electrons. The lowest BCUT2D eigenvalue weighted by molar-refractivity contribution is 0.0827. The summed E-state index contributed by atoms with van der Waals surface area (Å²) in [6.45, 7) is 1.37. The Morgan fingerprint density at radius 2 is 1.72 bits per heavy atom. The summed E-state index contributed by atoms with van der Waals surface area (Å²) < 4.78 is 13.3. The summed E-state index contributed by atoms with van der Waals surface area (Å²) in [4.78, 5) is 17.9. The number of nitrogens with zero attached hydrogens (tertiary/aromatic N) is 2. The molecule has 2 aromatic carbocycles. The van der Waals surface area contributed by atoms with Crippen molar-refractivity contribution in [1.29, 1.82) is 0 Å². The number of carbonyl (C=O) groups excluding carboxylic acids is 1. The molecule has 0 spiro atoms. The molecule has 1 amide bonds. The van der Waals surface area contributed by atoms with Crippen molar-refractivity contribution < 1.29 is 9.18 Å². The molecule has 0 aromatic heterocycles. The highest BCUT2D eigenvalue weighted by Crippen LogP contribution is 2.43. The third-order valence-electron chi connectivity index (χ3n) is 5.65. The van der Waals surface area contributed by atoms with Gasteiger partial charge in [0, 0.05) is 45.2 Å². The molecule has 0 aliphatic heterocycles. The Morgan fingerprint density at radius 3 is 2.24 bits per heavy atom. The molecule has 0 bridgehead atoms. The maximum absolute atomic E-state index is 13.3. The van der Waals surface area contributed by atoms with Gasteiger partial charge in [-0.2, -0.15) is 0 Å². The summed E-state index contributed by atoms with van der Waals surface area (Å²) >= 11 is 0. The van der Waals surface area contributed by atoms with Crippen molar-refractivity contribution >= 4 is 11.9 Å². The van der Waals surface area contributed by atoms with E-state index < -0.39 is 0 Å². The predicted octanol–water partition coefficient (Wildman–Crippen LogP) is 3.31. The number of benzene rings is 2. The zero-order chi connectivity index (χ0) is 20.9. The smallest absolute Gasteiger partial charge is 0.253 e. The minimum Gasteiger partial charge on any atom is -0.356 e. The molecule has 154 valence electrons. The highest BCUT2D eigenvalue weighted by Gasteiger charge is 2.38. The number of amides is 1. The summed E-state index contributed by atoms with van der Waals surface area (Å²) in [5.41, 5.74) is 2.96. The highest BCUT2D eigenvalue weighted by molar-refractivity contribution is 5.93. The summed E-state index contributed by atoms with van der Waals surface area (Å²) in [5, 5.41) is 6.75. The Morgan fingerprint density at radius 1 is 1.07 bits per heavy atom. The molecular formula is C23H29FN4O. The van der Waals surface area contributed by atoms with Crippen LogP contribution in [0.5, 0.6) is 0 Å². The number of carbonyl (C=O) groups is 1. The van der Waals surface area contributed by atoms with E-state index in [2.05, 4.69) is 15.6 Å². The summed E-state index contributed by atoms with van der Waals surface area (Å²) in [5.74, 6) is 0.521. The van der Waals surface area contributed by atoms with Gasteiger partial charge in [0.05, 0.1) is 0 Å². The van der Waals surface area contributed by atoms with Gasteiger partial charge in [0.15, 0.2) is 5.96 Å². The SMILES string of the molecule is CN=C(NCc1ccc(C(=O)N(C)C)cc1)NCC1(c2ccc(F)cc2)CCC1. The second-order valence-electron chi connectivity index (χ2n) is 7.82. The molecule has 5 nitrogen and oxygen atoms in total. The van der Waals surface area contributed by atoms with Crippen LogP contribution in [0.4, 0.5) is 4.39 Å². The van der Waals surface area contributed by atoms with Crippen molar-refractivity contribution in [3.8, 4) is 0 Å². The van der Waals surface area contributed by atoms with Gasteiger partial charge in [-0.15, -0.1) is 0 Å². The Labute approximate surface area is 172 Å². The Balaban J connectivity index is 1.55. The lowest BCUT2D eigenvalue weighted by Gasteiger charge is -2.43. The van der Waals surface area contributed by atoms with Gasteiger partial charge in [-0.05, 0) is 48.2 Å². The lowest BCUT2D eigenvalue weighted by Crippen LogP contribution is -2.48. The van der Waals surface area contributed by atoms with E-state index >= 15 is 0 Å². The summed E-state index contributed by atoms with van der Waals surface area (Å²) in [6.07, 6.45) is 3.36. The summed E-state index contributed by atoms with van der Waals surface area (Å²) in [6, 6.07) is 14.4. The van der Waals surface area contributed by atoms with Gasteiger partial charge in [-0.3, -0.25) is 9.79 Å². The summed E-state index contributed by atoms with van der Waals surface area (Å²) in [7, 11) is 5.24. The van der Waals surface area contributed by atoms with E-state index in [0.717, 1.165) is 30.9 Å². The van der Waals surface area contributed by atoms with Crippen molar-refractivity contribution in [3.63, 3.8) is 0 Å². The number of hydrogen-bond acceptors (Lipinski definition) is 2. The van der Waals surface area contributed by atoms with Gasteiger partial charge in [-0.25, -0.2) is 4.39 Å². The zero-order valence-corrected chi connectivity index (χ0v) is 17.3. The first kappa shape index (κ1) is 20.8. The molecule has 2 N–H and O–H groups in total. The maximum Gasteiger partial charge on any atom is 0.253 e. The van der Waals surface area contributed by atoms with Gasteiger partial charge in [-0.1, -0.05) is 30.7 Å². The van der Waals surface area contributed by atoms with Gasteiger partial charge in [0.1, 0.15) is 5.82 Å². The number of rotatable bonds is 6. The average Bonchev–Trinajstić information content (AvgIpc) is 2.70. The number of nitrogens with one attached hydrogen (secondary N) is 2.